The molecule has 1 aromatic carbocycles. The molecule has 132 valence electrons. The molecule has 2 aliphatic rings. The third-order valence-electron chi connectivity index (χ3n) is 4.74. The highest BCUT2D eigenvalue weighted by Crippen LogP contribution is 2.26. The van der Waals surface area contributed by atoms with E-state index in [0.717, 1.165) is 61.0 Å². The van der Waals surface area contributed by atoms with E-state index in [4.69, 9.17) is 4.74 Å². The molecule has 0 saturated heterocycles. The van der Waals surface area contributed by atoms with Crippen molar-refractivity contribution in [3.63, 3.8) is 0 Å². The molecule has 3 heterocycles. The number of amides is 1. The van der Waals surface area contributed by atoms with Crippen molar-refractivity contribution in [2.45, 2.75) is 45.2 Å². The number of nitrogens with one attached hydrogen (secondary N) is 2. The number of aromatic nitrogens is 3. The molecule has 1 aromatic heterocycles. The van der Waals surface area contributed by atoms with Gasteiger partial charge in [0.15, 0.2) is 0 Å². The van der Waals surface area contributed by atoms with Crippen molar-refractivity contribution < 1.29 is 9.53 Å². The number of carbonyl (C=O) groups is 1. The van der Waals surface area contributed by atoms with E-state index in [1.165, 1.54) is 0 Å². The maximum atomic E-state index is 11.4. The van der Waals surface area contributed by atoms with E-state index in [-0.39, 0.29) is 5.91 Å². The summed E-state index contributed by atoms with van der Waals surface area (Å²) in [5.41, 5.74) is 2.05. The van der Waals surface area contributed by atoms with Crippen LogP contribution in [-0.2, 0) is 24.2 Å². The Bertz CT molecular complexity index is 786. The van der Waals surface area contributed by atoms with Crippen molar-refractivity contribution in [3.05, 3.63) is 35.4 Å². The second-order valence-electron chi connectivity index (χ2n) is 6.66. The molecule has 7 heteroatoms. The molecule has 0 spiro atoms. The topological polar surface area (TPSA) is 81.1 Å². The summed E-state index contributed by atoms with van der Waals surface area (Å²) in [5, 5.41) is 10.9. The summed E-state index contributed by atoms with van der Waals surface area (Å²) in [4.78, 5) is 15.8. The van der Waals surface area contributed by atoms with Crippen molar-refractivity contribution in [1.29, 1.82) is 0 Å². The van der Waals surface area contributed by atoms with E-state index >= 15 is 0 Å². The van der Waals surface area contributed by atoms with Crippen molar-refractivity contribution in [1.82, 2.24) is 20.1 Å². The molecule has 7 nitrogen and oxygen atoms in total. The van der Waals surface area contributed by atoms with Crippen LogP contribution in [0.3, 0.4) is 0 Å². The first-order valence-corrected chi connectivity index (χ1v) is 8.86. The molecule has 1 atom stereocenters. The lowest BCUT2D eigenvalue weighted by Crippen LogP contribution is -2.39. The van der Waals surface area contributed by atoms with Crippen LogP contribution in [0.4, 0.5) is 5.69 Å². The Morgan fingerprint density at radius 2 is 2.28 bits per heavy atom. The van der Waals surface area contributed by atoms with Gasteiger partial charge in [0, 0.05) is 31.1 Å². The summed E-state index contributed by atoms with van der Waals surface area (Å²) < 4.78 is 7.86. The first-order chi connectivity index (χ1) is 12.2. The molecule has 0 unspecified atom stereocenters. The zero-order chi connectivity index (χ0) is 17.2. The fourth-order valence-electron chi connectivity index (χ4n) is 3.48. The van der Waals surface area contributed by atoms with Crippen LogP contribution < -0.4 is 15.4 Å². The highest BCUT2D eigenvalue weighted by Gasteiger charge is 2.20. The average Bonchev–Trinajstić information content (AvgIpc) is 2.98. The number of rotatable bonds is 5. The van der Waals surface area contributed by atoms with Crippen LogP contribution >= 0.6 is 0 Å². The molecule has 0 aliphatic carbocycles. The van der Waals surface area contributed by atoms with Crippen molar-refractivity contribution in [3.8, 4) is 5.75 Å². The molecule has 0 saturated carbocycles. The average molecular weight is 341 g/mol. The molecule has 0 fully saturated rings. The zero-order valence-electron chi connectivity index (χ0n) is 14.4. The number of fused-ring (bicyclic) bond motifs is 2. The van der Waals surface area contributed by atoms with Crippen LogP contribution in [0.25, 0.3) is 0 Å². The second kappa shape index (κ2) is 6.84. The first kappa shape index (κ1) is 16.1. The Balaban J connectivity index is 1.24. The maximum Gasteiger partial charge on any atom is 0.224 e. The molecule has 4 rings (SSSR count). The number of anilines is 1. The molecule has 2 aliphatic heterocycles. The number of hydrogen-bond acceptors (Lipinski definition) is 5. The van der Waals surface area contributed by atoms with E-state index in [1.54, 1.807) is 0 Å². The van der Waals surface area contributed by atoms with Gasteiger partial charge in [-0.1, -0.05) is 0 Å². The molecular formula is C18H23N5O2. The van der Waals surface area contributed by atoms with Gasteiger partial charge in [0.25, 0.3) is 0 Å². The summed E-state index contributed by atoms with van der Waals surface area (Å²) in [6, 6.07) is 6.27. The third kappa shape index (κ3) is 3.66. The Morgan fingerprint density at radius 1 is 1.36 bits per heavy atom. The molecule has 0 radical (unpaired) electrons. The van der Waals surface area contributed by atoms with Gasteiger partial charge in [-0.3, -0.25) is 4.79 Å². The highest BCUT2D eigenvalue weighted by molar-refractivity contribution is 5.93. The van der Waals surface area contributed by atoms with E-state index in [2.05, 4.69) is 20.7 Å². The van der Waals surface area contributed by atoms with E-state index in [1.807, 2.05) is 29.8 Å². The molecule has 0 bridgehead atoms. The standard InChI is InChI=1S/C18H23N5O2/c1-12-20-17-6-3-14(11-23(17)22-12)19-8-9-25-15-4-5-16-13(10-15)2-7-18(24)21-16/h4-5,10,14,19H,2-3,6-9,11H2,1H3,(H,21,24)/t14-/m1/s1. The number of benzene rings is 1. The molecule has 2 aromatic rings. The summed E-state index contributed by atoms with van der Waals surface area (Å²) in [6.45, 7) is 4.21. The minimum Gasteiger partial charge on any atom is -0.492 e. The lowest BCUT2D eigenvalue weighted by atomic mass is 10.0. The number of ether oxygens (including phenoxy) is 1. The van der Waals surface area contributed by atoms with Crippen LogP contribution in [0.2, 0.25) is 0 Å². The number of hydrogen-bond donors (Lipinski definition) is 2. The quantitative estimate of drug-likeness (QED) is 0.805. The fraction of sp³-hybridized carbons (Fsp3) is 0.500. The van der Waals surface area contributed by atoms with E-state index in [0.29, 0.717) is 19.1 Å². The molecule has 2 N–H and O–H groups in total. The molecular weight excluding hydrogens is 318 g/mol. The van der Waals surface area contributed by atoms with Crippen LogP contribution in [0.1, 0.15) is 30.1 Å². The van der Waals surface area contributed by atoms with Gasteiger partial charge in [-0.15, -0.1) is 0 Å². The Hall–Kier alpha value is -2.41. The van der Waals surface area contributed by atoms with Gasteiger partial charge >= 0.3 is 0 Å². The first-order valence-electron chi connectivity index (χ1n) is 8.86. The van der Waals surface area contributed by atoms with E-state index < -0.39 is 0 Å². The third-order valence-corrected chi connectivity index (χ3v) is 4.74. The minimum atomic E-state index is 0.0867. The number of carbonyl (C=O) groups excluding carboxylic acids is 1. The Kier molecular flexibility index (Phi) is 4.40. The van der Waals surface area contributed by atoms with Gasteiger partial charge in [0.1, 0.15) is 24.0 Å². The van der Waals surface area contributed by atoms with Gasteiger partial charge in [-0.05, 0) is 43.5 Å². The predicted molar refractivity (Wildman–Crippen MR) is 93.8 cm³/mol. The monoisotopic (exact) mass is 341 g/mol. The summed E-state index contributed by atoms with van der Waals surface area (Å²) in [6.07, 6.45) is 3.37. The molecule has 1 amide bonds. The van der Waals surface area contributed by atoms with Crippen molar-refractivity contribution >= 4 is 11.6 Å². The van der Waals surface area contributed by atoms with Gasteiger partial charge in [-0.2, -0.15) is 5.10 Å². The summed E-state index contributed by atoms with van der Waals surface area (Å²) >= 11 is 0. The molecule has 25 heavy (non-hydrogen) atoms. The number of aryl methyl sites for hydroxylation is 3. The lowest BCUT2D eigenvalue weighted by molar-refractivity contribution is -0.116. The van der Waals surface area contributed by atoms with Crippen LogP contribution in [-0.4, -0.2) is 39.9 Å². The van der Waals surface area contributed by atoms with Gasteiger partial charge in [-0.25, -0.2) is 9.67 Å². The predicted octanol–water partition coefficient (Wildman–Crippen LogP) is 1.45. The van der Waals surface area contributed by atoms with Gasteiger partial charge in [0.05, 0.1) is 6.54 Å². The summed E-state index contributed by atoms with van der Waals surface area (Å²) in [5.74, 6) is 2.88. The highest BCUT2D eigenvalue weighted by atomic mass is 16.5. The largest absolute Gasteiger partial charge is 0.492 e. The zero-order valence-corrected chi connectivity index (χ0v) is 14.4. The Labute approximate surface area is 146 Å². The van der Waals surface area contributed by atoms with Crippen LogP contribution in [0.15, 0.2) is 18.2 Å². The second-order valence-corrected chi connectivity index (χ2v) is 6.66. The van der Waals surface area contributed by atoms with Gasteiger partial charge < -0.3 is 15.4 Å². The van der Waals surface area contributed by atoms with Crippen LogP contribution in [0.5, 0.6) is 5.75 Å². The summed E-state index contributed by atoms with van der Waals surface area (Å²) in [7, 11) is 0. The number of nitrogens with zero attached hydrogens (tertiary/aromatic N) is 3. The maximum absolute atomic E-state index is 11.4. The lowest BCUT2D eigenvalue weighted by Gasteiger charge is -2.23. The van der Waals surface area contributed by atoms with Crippen LogP contribution in [0, 0.1) is 6.92 Å². The van der Waals surface area contributed by atoms with Crippen molar-refractivity contribution in [2.24, 2.45) is 0 Å². The minimum absolute atomic E-state index is 0.0867. The smallest absolute Gasteiger partial charge is 0.224 e. The van der Waals surface area contributed by atoms with Gasteiger partial charge in [0.2, 0.25) is 5.91 Å². The SMILES string of the molecule is Cc1nc2n(n1)C[C@H](NCCOc1ccc3c(c1)CCC(=O)N3)CC2. The fourth-order valence-corrected chi connectivity index (χ4v) is 3.48. The Morgan fingerprint density at radius 3 is 3.20 bits per heavy atom. The normalized spacial score (nSPS) is 19.1. The van der Waals surface area contributed by atoms with Crippen molar-refractivity contribution in [2.75, 3.05) is 18.5 Å². The van der Waals surface area contributed by atoms with E-state index in [9.17, 15) is 4.79 Å².